The van der Waals surface area contributed by atoms with Crippen LogP contribution in [0, 0.1) is 0 Å². The highest BCUT2D eigenvalue weighted by atomic mass is 32.1. The number of hydrogen-bond donors (Lipinski definition) is 0. The van der Waals surface area contributed by atoms with Crippen LogP contribution in [0.4, 0.5) is 0 Å². The molecule has 0 bridgehead atoms. The number of benzene rings is 1. The van der Waals surface area contributed by atoms with E-state index in [1.165, 1.54) is 0 Å². The van der Waals surface area contributed by atoms with Crippen molar-refractivity contribution in [3.05, 3.63) is 35.3 Å². The first-order chi connectivity index (χ1) is 11.8. The van der Waals surface area contributed by atoms with Crippen LogP contribution in [-0.4, -0.2) is 22.7 Å². The lowest BCUT2D eigenvalue weighted by molar-refractivity contribution is 0.133. The van der Waals surface area contributed by atoms with Crippen molar-refractivity contribution in [1.29, 1.82) is 0 Å². The second kappa shape index (κ2) is 6.64. The Hall–Kier alpha value is -2.14. The second-order valence-corrected chi connectivity index (χ2v) is 8.19. The molecule has 1 aromatic carbocycles. The molecule has 0 atom stereocenters. The van der Waals surface area contributed by atoms with Crippen molar-refractivity contribution in [3.63, 3.8) is 0 Å². The highest BCUT2D eigenvalue weighted by molar-refractivity contribution is 7.13. The molecule has 0 fully saturated rings. The van der Waals surface area contributed by atoms with Crippen molar-refractivity contribution in [2.45, 2.75) is 46.1 Å². The number of methoxy groups -OCH3 is 1. The van der Waals surface area contributed by atoms with Crippen LogP contribution < -0.4 is 9.47 Å². The molecule has 2 aromatic heterocycles. The minimum atomic E-state index is -0.294. The van der Waals surface area contributed by atoms with Crippen LogP contribution >= 0.6 is 11.3 Å². The summed E-state index contributed by atoms with van der Waals surface area (Å²) in [4.78, 5) is 9.54. The molecule has 0 unspecified atom stereocenters. The molecule has 5 heteroatoms. The average molecular weight is 356 g/mol. The highest BCUT2D eigenvalue weighted by Gasteiger charge is 2.18. The standard InChI is InChI=1S/C20H24N2O2S/c1-12(2)17-11-25-19(22-17)16-10-18(24-20(3,4)5)14-8-7-13(23-6)9-15(14)21-16/h7-12H,1-6H3. The average Bonchev–Trinajstić information content (AvgIpc) is 3.03. The molecule has 3 rings (SSSR count). The van der Waals surface area contributed by atoms with E-state index in [9.17, 15) is 0 Å². The monoisotopic (exact) mass is 356 g/mol. The van der Waals surface area contributed by atoms with Gasteiger partial charge in [-0.05, 0) is 38.8 Å². The van der Waals surface area contributed by atoms with Gasteiger partial charge in [-0.1, -0.05) is 13.8 Å². The SMILES string of the molecule is COc1ccc2c(OC(C)(C)C)cc(-c3nc(C(C)C)cs3)nc2c1. The van der Waals surface area contributed by atoms with E-state index in [1.54, 1.807) is 18.4 Å². The van der Waals surface area contributed by atoms with Crippen LogP contribution in [0.2, 0.25) is 0 Å². The zero-order valence-corrected chi connectivity index (χ0v) is 16.4. The zero-order valence-electron chi connectivity index (χ0n) is 15.6. The minimum Gasteiger partial charge on any atom is -0.497 e. The Morgan fingerprint density at radius 1 is 1.08 bits per heavy atom. The normalized spacial score (nSPS) is 12.0. The molecule has 0 aliphatic heterocycles. The Labute approximate surface area is 152 Å². The predicted octanol–water partition coefficient (Wildman–Crippen LogP) is 5.67. The van der Waals surface area contributed by atoms with Gasteiger partial charge >= 0.3 is 0 Å². The summed E-state index contributed by atoms with van der Waals surface area (Å²) in [5.74, 6) is 1.99. The molecule has 25 heavy (non-hydrogen) atoms. The van der Waals surface area contributed by atoms with Crippen molar-refractivity contribution < 1.29 is 9.47 Å². The fraction of sp³-hybridized carbons (Fsp3) is 0.400. The lowest BCUT2D eigenvalue weighted by atomic mass is 10.1. The molecular formula is C20H24N2O2S. The van der Waals surface area contributed by atoms with Gasteiger partial charge in [-0.3, -0.25) is 0 Å². The molecule has 0 N–H and O–H groups in total. The van der Waals surface area contributed by atoms with Gasteiger partial charge in [-0.25, -0.2) is 9.97 Å². The number of nitrogens with zero attached hydrogens (tertiary/aromatic N) is 2. The maximum absolute atomic E-state index is 6.20. The molecule has 0 amide bonds. The van der Waals surface area contributed by atoms with E-state index in [0.717, 1.165) is 38.8 Å². The van der Waals surface area contributed by atoms with Gasteiger partial charge in [-0.15, -0.1) is 11.3 Å². The number of thiazole rings is 1. The number of ether oxygens (including phenoxy) is 2. The van der Waals surface area contributed by atoms with Crippen LogP contribution in [0.1, 0.15) is 46.2 Å². The maximum Gasteiger partial charge on any atom is 0.142 e. The third-order valence-electron chi connectivity index (χ3n) is 3.73. The molecule has 0 saturated heterocycles. The molecule has 0 spiro atoms. The Morgan fingerprint density at radius 2 is 1.84 bits per heavy atom. The molecule has 3 aromatic rings. The molecule has 0 radical (unpaired) electrons. The number of hydrogen-bond acceptors (Lipinski definition) is 5. The summed E-state index contributed by atoms with van der Waals surface area (Å²) in [5.41, 5.74) is 2.47. The van der Waals surface area contributed by atoms with Gasteiger partial charge in [-0.2, -0.15) is 0 Å². The van der Waals surface area contributed by atoms with Gasteiger partial charge < -0.3 is 9.47 Å². The van der Waals surface area contributed by atoms with E-state index in [-0.39, 0.29) is 5.60 Å². The summed E-state index contributed by atoms with van der Waals surface area (Å²) in [7, 11) is 1.66. The third kappa shape index (κ3) is 3.93. The first-order valence-electron chi connectivity index (χ1n) is 8.40. The second-order valence-electron chi connectivity index (χ2n) is 7.34. The van der Waals surface area contributed by atoms with Gasteiger partial charge in [0.05, 0.1) is 18.3 Å². The smallest absolute Gasteiger partial charge is 0.142 e. The number of rotatable bonds is 4. The fourth-order valence-corrected chi connectivity index (χ4v) is 3.44. The van der Waals surface area contributed by atoms with Crippen molar-refractivity contribution in [2.24, 2.45) is 0 Å². The predicted molar refractivity (Wildman–Crippen MR) is 104 cm³/mol. The van der Waals surface area contributed by atoms with Crippen molar-refractivity contribution in [2.75, 3.05) is 7.11 Å². The largest absolute Gasteiger partial charge is 0.497 e. The Bertz CT molecular complexity index is 894. The van der Waals surface area contributed by atoms with Crippen LogP contribution in [0.25, 0.3) is 21.6 Å². The molecule has 2 heterocycles. The summed E-state index contributed by atoms with van der Waals surface area (Å²) in [6.45, 7) is 10.4. The molecule has 4 nitrogen and oxygen atoms in total. The van der Waals surface area contributed by atoms with E-state index >= 15 is 0 Å². The quantitative estimate of drug-likeness (QED) is 0.604. The van der Waals surface area contributed by atoms with E-state index in [4.69, 9.17) is 19.4 Å². The van der Waals surface area contributed by atoms with E-state index < -0.39 is 0 Å². The lowest BCUT2D eigenvalue weighted by Gasteiger charge is -2.22. The van der Waals surface area contributed by atoms with Crippen molar-refractivity contribution in [3.8, 4) is 22.2 Å². The van der Waals surface area contributed by atoms with Gasteiger partial charge in [0.15, 0.2) is 0 Å². The summed E-state index contributed by atoms with van der Waals surface area (Å²) in [5, 5.41) is 3.98. The molecule has 0 aliphatic rings. The first kappa shape index (κ1) is 17.7. The topological polar surface area (TPSA) is 44.2 Å². The number of aromatic nitrogens is 2. The van der Waals surface area contributed by atoms with E-state index in [2.05, 4.69) is 19.2 Å². The summed E-state index contributed by atoms with van der Waals surface area (Å²) in [6, 6.07) is 7.85. The summed E-state index contributed by atoms with van der Waals surface area (Å²) in [6.07, 6.45) is 0. The summed E-state index contributed by atoms with van der Waals surface area (Å²) < 4.78 is 11.6. The van der Waals surface area contributed by atoms with Gasteiger partial charge in [0.1, 0.15) is 27.8 Å². The first-order valence-corrected chi connectivity index (χ1v) is 9.28. The Kier molecular flexibility index (Phi) is 4.69. The Morgan fingerprint density at radius 3 is 2.44 bits per heavy atom. The third-order valence-corrected chi connectivity index (χ3v) is 4.61. The van der Waals surface area contributed by atoms with Gasteiger partial charge in [0.25, 0.3) is 0 Å². The fourth-order valence-electron chi connectivity index (χ4n) is 2.50. The van der Waals surface area contributed by atoms with Crippen LogP contribution in [0.5, 0.6) is 11.5 Å². The van der Waals surface area contributed by atoms with Gasteiger partial charge in [0, 0.05) is 22.9 Å². The van der Waals surface area contributed by atoms with E-state index in [1.807, 2.05) is 45.0 Å². The molecule has 0 aliphatic carbocycles. The maximum atomic E-state index is 6.20. The highest BCUT2D eigenvalue weighted by Crippen LogP contribution is 2.35. The van der Waals surface area contributed by atoms with Crippen LogP contribution in [-0.2, 0) is 0 Å². The zero-order chi connectivity index (χ0) is 18.2. The van der Waals surface area contributed by atoms with E-state index in [0.29, 0.717) is 5.92 Å². The Balaban J connectivity index is 2.17. The van der Waals surface area contributed by atoms with Crippen molar-refractivity contribution >= 4 is 22.2 Å². The van der Waals surface area contributed by atoms with Crippen LogP contribution in [0.15, 0.2) is 29.6 Å². The number of fused-ring (bicyclic) bond motifs is 1. The summed E-state index contributed by atoms with van der Waals surface area (Å²) >= 11 is 1.62. The molecule has 0 saturated carbocycles. The molecule has 132 valence electrons. The lowest BCUT2D eigenvalue weighted by Crippen LogP contribution is -2.23. The molecular weight excluding hydrogens is 332 g/mol. The minimum absolute atomic E-state index is 0.294. The number of pyridine rings is 1. The van der Waals surface area contributed by atoms with Crippen LogP contribution in [0.3, 0.4) is 0 Å². The van der Waals surface area contributed by atoms with Gasteiger partial charge in [0.2, 0.25) is 0 Å². The van der Waals surface area contributed by atoms with Crippen molar-refractivity contribution in [1.82, 2.24) is 9.97 Å².